The molecule has 0 aliphatic rings. The summed E-state index contributed by atoms with van der Waals surface area (Å²) in [4.78, 5) is 11.1. The number of carbonyl (C=O) groups is 1. The van der Waals surface area contributed by atoms with Crippen LogP contribution in [0.15, 0.2) is 18.2 Å². The number of carbonyl (C=O) groups excluding carboxylic acids is 1. The van der Waals surface area contributed by atoms with Gasteiger partial charge in [-0.05, 0) is 19.1 Å². The van der Waals surface area contributed by atoms with Crippen LogP contribution >= 0.6 is 11.6 Å². The van der Waals surface area contributed by atoms with Crippen molar-refractivity contribution in [3.8, 4) is 0 Å². The lowest BCUT2D eigenvalue weighted by Gasteiger charge is -2.14. The van der Waals surface area contributed by atoms with Crippen LogP contribution in [0.2, 0.25) is 5.02 Å². The number of para-hydroxylation sites is 1. The van der Waals surface area contributed by atoms with Gasteiger partial charge in [-0.3, -0.25) is 5.32 Å². The van der Waals surface area contributed by atoms with Crippen molar-refractivity contribution in [1.82, 2.24) is 0 Å². The molecule has 0 bridgehead atoms. The Kier molecular flexibility index (Phi) is 4.22. The molecule has 0 unspecified atom stereocenters. The highest BCUT2D eigenvalue weighted by molar-refractivity contribution is 6.33. The second-order valence-corrected chi connectivity index (χ2v) is 3.41. The minimum absolute atomic E-state index is 0.0532. The van der Waals surface area contributed by atoms with Gasteiger partial charge in [-0.2, -0.15) is 13.2 Å². The SMILES string of the molecule is CCOC(=O)Nc1c(Cl)cccc1C(F)(F)F. The first-order valence-electron chi connectivity index (χ1n) is 4.65. The van der Waals surface area contributed by atoms with Crippen LogP contribution in [-0.2, 0) is 10.9 Å². The van der Waals surface area contributed by atoms with Crippen LogP contribution in [0.3, 0.4) is 0 Å². The maximum Gasteiger partial charge on any atom is 0.418 e. The summed E-state index contributed by atoms with van der Waals surface area (Å²) < 4.78 is 42.3. The van der Waals surface area contributed by atoms with Gasteiger partial charge in [-0.15, -0.1) is 0 Å². The molecule has 1 aromatic carbocycles. The standard InChI is InChI=1S/C10H9ClF3NO2/c1-2-17-9(16)15-8-6(10(12,13)14)4-3-5-7(8)11/h3-5H,2H2,1H3,(H,15,16). The Hall–Kier alpha value is -1.43. The highest BCUT2D eigenvalue weighted by Gasteiger charge is 2.34. The summed E-state index contributed by atoms with van der Waals surface area (Å²) in [7, 11) is 0. The van der Waals surface area contributed by atoms with Crippen molar-refractivity contribution in [3.63, 3.8) is 0 Å². The third kappa shape index (κ3) is 3.52. The lowest BCUT2D eigenvalue weighted by Crippen LogP contribution is -2.17. The molecule has 0 aromatic heterocycles. The number of alkyl halides is 3. The molecule has 17 heavy (non-hydrogen) atoms. The second kappa shape index (κ2) is 5.27. The molecule has 0 saturated carbocycles. The smallest absolute Gasteiger partial charge is 0.418 e. The van der Waals surface area contributed by atoms with E-state index in [9.17, 15) is 18.0 Å². The molecule has 0 aliphatic heterocycles. The maximum absolute atomic E-state index is 12.6. The van der Waals surface area contributed by atoms with Crippen LogP contribution in [0, 0.1) is 0 Å². The zero-order valence-electron chi connectivity index (χ0n) is 8.77. The van der Waals surface area contributed by atoms with Crippen molar-refractivity contribution < 1.29 is 22.7 Å². The van der Waals surface area contributed by atoms with Gasteiger partial charge in [0.25, 0.3) is 0 Å². The van der Waals surface area contributed by atoms with Crippen molar-refractivity contribution in [1.29, 1.82) is 0 Å². The van der Waals surface area contributed by atoms with E-state index in [2.05, 4.69) is 4.74 Å². The van der Waals surface area contributed by atoms with Gasteiger partial charge in [0.1, 0.15) is 0 Å². The molecule has 0 radical (unpaired) electrons. The summed E-state index contributed by atoms with van der Waals surface area (Å²) in [5.41, 5.74) is -1.52. The third-order valence-electron chi connectivity index (χ3n) is 1.82. The fraction of sp³-hybridized carbons (Fsp3) is 0.300. The lowest BCUT2D eigenvalue weighted by molar-refractivity contribution is -0.136. The van der Waals surface area contributed by atoms with E-state index >= 15 is 0 Å². The van der Waals surface area contributed by atoms with Crippen LogP contribution in [-0.4, -0.2) is 12.7 Å². The summed E-state index contributed by atoms with van der Waals surface area (Å²) in [5, 5.41) is 1.77. The molecule has 0 fully saturated rings. The molecule has 1 aromatic rings. The normalized spacial score (nSPS) is 11.1. The monoisotopic (exact) mass is 267 g/mol. The largest absolute Gasteiger partial charge is 0.450 e. The van der Waals surface area contributed by atoms with Crippen LogP contribution in [0.5, 0.6) is 0 Å². The Morgan fingerprint density at radius 2 is 2.12 bits per heavy atom. The molecule has 0 heterocycles. The van der Waals surface area contributed by atoms with Crippen molar-refractivity contribution in [2.45, 2.75) is 13.1 Å². The summed E-state index contributed by atoms with van der Waals surface area (Å²) in [5.74, 6) is 0. The number of amides is 1. The maximum atomic E-state index is 12.6. The van der Waals surface area contributed by atoms with Gasteiger partial charge < -0.3 is 4.74 Å². The molecule has 1 amide bonds. The summed E-state index contributed by atoms with van der Waals surface area (Å²) in [6.45, 7) is 1.59. The van der Waals surface area contributed by atoms with Gasteiger partial charge >= 0.3 is 12.3 Å². The molecule has 1 rings (SSSR count). The number of anilines is 1. The minimum Gasteiger partial charge on any atom is -0.450 e. The number of rotatable bonds is 2. The molecule has 0 aliphatic carbocycles. The summed E-state index contributed by atoms with van der Waals surface area (Å²) >= 11 is 5.61. The van der Waals surface area contributed by atoms with E-state index in [0.29, 0.717) is 0 Å². The topological polar surface area (TPSA) is 38.3 Å². The Bertz CT molecular complexity index is 421. The molecule has 3 nitrogen and oxygen atoms in total. The van der Waals surface area contributed by atoms with Gasteiger partial charge in [-0.25, -0.2) is 4.79 Å². The number of nitrogens with one attached hydrogen (secondary N) is 1. The van der Waals surface area contributed by atoms with E-state index in [1.165, 1.54) is 13.0 Å². The van der Waals surface area contributed by atoms with E-state index in [4.69, 9.17) is 11.6 Å². The molecule has 7 heteroatoms. The van der Waals surface area contributed by atoms with Gasteiger partial charge in [-0.1, -0.05) is 17.7 Å². The first-order chi connectivity index (χ1) is 7.86. The Morgan fingerprint density at radius 1 is 1.47 bits per heavy atom. The summed E-state index contributed by atoms with van der Waals surface area (Å²) in [6, 6.07) is 3.23. The van der Waals surface area contributed by atoms with Crippen LogP contribution in [0.25, 0.3) is 0 Å². The van der Waals surface area contributed by atoms with Crippen molar-refractivity contribution in [2.24, 2.45) is 0 Å². The molecule has 0 atom stereocenters. The van der Waals surface area contributed by atoms with Gasteiger partial charge in [0.05, 0.1) is 22.9 Å². The molecule has 0 spiro atoms. The number of hydrogen-bond donors (Lipinski definition) is 1. The lowest BCUT2D eigenvalue weighted by atomic mass is 10.1. The molecule has 1 N–H and O–H groups in total. The van der Waals surface area contributed by atoms with Gasteiger partial charge in [0, 0.05) is 0 Å². The predicted molar refractivity (Wildman–Crippen MR) is 57.1 cm³/mol. The van der Waals surface area contributed by atoms with E-state index in [1.54, 1.807) is 0 Å². The average molecular weight is 268 g/mol. The number of hydrogen-bond acceptors (Lipinski definition) is 2. The quantitative estimate of drug-likeness (QED) is 0.882. The van der Waals surface area contributed by atoms with Crippen LogP contribution < -0.4 is 5.32 Å². The average Bonchev–Trinajstić information content (AvgIpc) is 2.19. The van der Waals surface area contributed by atoms with E-state index < -0.39 is 23.5 Å². The van der Waals surface area contributed by atoms with E-state index in [-0.39, 0.29) is 11.6 Å². The fourth-order valence-corrected chi connectivity index (χ4v) is 1.38. The highest BCUT2D eigenvalue weighted by atomic mass is 35.5. The fourth-order valence-electron chi connectivity index (χ4n) is 1.16. The van der Waals surface area contributed by atoms with Crippen molar-refractivity contribution in [2.75, 3.05) is 11.9 Å². The Balaban J connectivity index is 3.09. The Labute approximate surface area is 101 Å². The number of ether oxygens (including phenoxy) is 1. The van der Waals surface area contributed by atoms with Crippen molar-refractivity contribution >= 4 is 23.4 Å². The van der Waals surface area contributed by atoms with Crippen molar-refractivity contribution in [3.05, 3.63) is 28.8 Å². The third-order valence-corrected chi connectivity index (χ3v) is 2.14. The van der Waals surface area contributed by atoms with E-state index in [1.807, 2.05) is 5.32 Å². The number of benzene rings is 1. The molecule has 0 saturated heterocycles. The Morgan fingerprint density at radius 3 is 2.65 bits per heavy atom. The first-order valence-corrected chi connectivity index (χ1v) is 5.03. The van der Waals surface area contributed by atoms with Crippen LogP contribution in [0.1, 0.15) is 12.5 Å². The summed E-state index contributed by atoms with van der Waals surface area (Å²) in [6.07, 6.45) is -5.58. The zero-order chi connectivity index (χ0) is 13.1. The molecular weight excluding hydrogens is 259 g/mol. The zero-order valence-corrected chi connectivity index (χ0v) is 9.52. The predicted octanol–water partition coefficient (Wildman–Crippen LogP) is 3.93. The first kappa shape index (κ1) is 13.6. The minimum atomic E-state index is -4.60. The van der Waals surface area contributed by atoms with E-state index in [0.717, 1.165) is 12.1 Å². The molecular formula is C10H9ClF3NO2. The molecule has 94 valence electrons. The van der Waals surface area contributed by atoms with Crippen LogP contribution in [0.4, 0.5) is 23.7 Å². The second-order valence-electron chi connectivity index (χ2n) is 3.01. The highest BCUT2D eigenvalue weighted by Crippen LogP contribution is 2.38. The number of halogens is 4. The van der Waals surface area contributed by atoms with Gasteiger partial charge in [0.2, 0.25) is 0 Å². The van der Waals surface area contributed by atoms with Gasteiger partial charge in [0.15, 0.2) is 0 Å².